The Balaban J connectivity index is 0.000000192. The summed E-state index contributed by atoms with van der Waals surface area (Å²) < 4.78 is 11.6. The second-order valence-corrected chi connectivity index (χ2v) is 46.4. The molecule has 6 atom stereocenters. The van der Waals surface area contributed by atoms with Crippen LogP contribution in [0.5, 0.6) is 11.5 Å². The minimum Gasteiger partial charge on any atom is -0.409 e. The van der Waals surface area contributed by atoms with Crippen molar-refractivity contribution in [1.29, 1.82) is 0 Å². The van der Waals surface area contributed by atoms with Crippen molar-refractivity contribution in [3.8, 4) is 11.5 Å². The average Bonchev–Trinajstić information content (AvgIpc) is 1.75. The number of halogens is 2. The summed E-state index contributed by atoms with van der Waals surface area (Å²) in [5.74, 6) is 1.36. The van der Waals surface area contributed by atoms with Gasteiger partial charge in [0, 0.05) is 117 Å². The minimum absolute atomic E-state index is 0.00670. The number of piperazine rings is 3. The van der Waals surface area contributed by atoms with Crippen molar-refractivity contribution >= 4 is 110 Å². The first kappa shape index (κ1) is 112. The molecule has 6 aromatic rings. The van der Waals surface area contributed by atoms with Gasteiger partial charge in [-0.05, 0) is 324 Å². The highest BCUT2D eigenvalue weighted by atomic mass is 35.5. The second-order valence-electron chi connectivity index (χ2n) is 42.5. The molecule has 24 nitrogen and oxygen atoms in total. The van der Waals surface area contributed by atoms with E-state index in [1.54, 1.807) is 65.7 Å². The van der Waals surface area contributed by atoms with Crippen molar-refractivity contribution in [3.05, 3.63) is 160 Å². The van der Waals surface area contributed by atoms with Crippen LogP contribution in [0.2, 0.25) is 10.0 Å². The molecule has 4 aliphatic heterocycles. The molecule has 3 aromatic heterocycles. The zero-order valence-corrected chi connectivity index (χ0v) is 90.8. The number of ketones is 3. The van der Waals surface area contributed by atoms with Gasteiger partial charge in [-0.15, -0.1) is 34.0 Å². The number of unbranched alkanes of at least 4 members (excludes halogenated alkanes) is 3. The molecular formula is C112H165Cl2N13O11S3. The van der Waals surface area contributed by atoms with Crippen LogP contribution in [-0.4, -0.2) is 314 Å². The van der Waals surface area contributed by atoms with E-state index in [9.17, 15) is 43.2 Å². The van der Waals surface area contributed by atoms with E-state index in [0.29, 0.717) is 122 Å². The fourth-order valence-electron chi connectivity index (χ4n) is 22.5. The average molecular weight is 2040 g/mol. The maximum absolute atomic E-state index is 15.0. The Morgan fingerprint density at radius 2 is 0.837 bits per heavy atom. The number of likely N-dealkylation sites (N-methyl/N-ethyl adjacent to an activating group) is 2. The van der Waals surface area contributed by atoms with Crippen LogP contribution in [0.25, 0.3) is 0 Å². The summed E-state index contributed by atoms with van der Waals surface area (Å²) in [5.41, 5.74) is 5.47. The normalized spacial score (nSPS) is 20.9. The number of benzene rings is 3. The molecule has 4 aliphatic carbocycles. The number of carbonyl (C=O) groups excluding carboxylic acids is 9. The summed E-state index contributed by atoms with van der Waals surface area (Å²) in [6, 6.07) is 28.2. The number of Topliss-reactive ketones (excluding diaryl/α,β-unsaturated/α-hetero) is 3. The van der Waals surface area contributed by atoms with Gasteiger partial charge < -0.3 is 58.9 Å². The van der Waals surface area contributed by atoms with Gasteiger partial charge in [-0.3, -0.25) is 48.3 Å². The van der Waals surface area contributed by atoms with Gasteiger partial charge in [0.05, 0.1) is 41.3 Å². The van der Waals surface area contributed by atoms with Crippen LogP contribution < -0.4 is 14.8 Å². The lowest BCUT2D eigenvalue weighted by Gasteiger charge is -2.46. The zero-order chi connectivity index (χ0) is 101. The molecule has 1 N–H and O–H groups in total. The standard InChI is InChI=1S/C45H62ClN5O4S.C35H51ClN4O4S.C32H52N4O3S/c1-33-16-19-41(42(46)34(33)2)55-44(54)50-27-28-51(39(31-50)40(52)18-17-37-14-11-29-56-37)43(53)38(15-9-10-25-47(3)4)48(5)36-20-22-45(23-21-36)24-26-49(32-45)30-35-12-7-6-8-13-35;1-25-16-19-32(33(36)26(25)2)44-35(43)39-21-22-40(30(24-39)31(41)18-17-28-14-11-23-45-28)34(42)29(15-9-10-20-37(3)4)38(5)27-12-7-6-8-13-27;1-34(2)19-9-8-16-28(33-26-13-4-3-5-14-26)32(39)36-21-20-35(31(38)23-25-11-6-7-12-25)24-29(36)30(37)18-17-27-15-10-22-40-27/h6-8,11-14,16,19,29,36,38-39H,9-10,15,17-18,20-28,30-32H2,1-5H3;11,14,16,19,23,27,29-30H,6-10,12-13,15,17-18,20-22,24H2,1-5H3;10,15,22,25-26,28-29,33H,3-9,11-14,16-21,23-24H2,1-2H3/t36?,38-,39+,45?;29-,30+;28-,29+/m111/s1. The van der Waals surface area contributed by atoms with Crippen LogP contribution >= 0.6 is 57.2 Å². The van der Waals surface area contributed by atoms with Gasteiger partial charge in [-0.25, -0.2) is 9.59 Å². The molecule has 6 amide bonds. The second kappa shape index (κ2) is 56.4. The van der Waals surface area contributed by atoms with Gasteiger partial charge >= 0.3 is 12.2 Å². The maximum atomic E-state index is 15.0. The van der Waals surface area contributed by atoms with E-state index in [1.165, 1.54) is 81.1 Å². The minimum atomic E-state index is -0.750. The van der Waals surface area contributed by atoms with Crippen LogP contribution in [0.15, 0.2) is 107 Å². The van der Waals surface area contributed by atoms with E-state index in [1.807, 2.05) is 96.1 Å². The van der Waals surface area contributed by atoms with Crippen LogP contribution in [0.3, 0.4) is 0 Å². The third kappa shape index (κ3) is 33.2. The first-order chi connectivity index (χ1) is 67.9. The summed E-state index contributed by atoms with van der Waals surface area (Å²) in [4.78, 5) is 153. The lowest BCUT2D eigenvalue weighted by molar-refractivity contribution is -0.149. The molecule has 1 spiro atoms. The Labute approximate surface area is 864 Å². The van der Waals surface area contributed by atoms with E-state index in [4.69, 9.17) is 32.7 Å². The predicted molar refractivity (Wildman–Crippen MR) is 572 cm³/mol. The number of ether oxygens (including phenoxy) is 2. The lowest BCUT2D eigenvalue weighted by atomic mass is 9.71. The number of likely N-dealkylation sites (tertiary alicyclic amines) is 1. The van der Waals surface area contributed by atoms with Crippen LogP contribution in [0.1, 0.15) is 248 Å². The molecular weight excluding hydrogens is 1870 g/mol. The van der Waals surface area contributed by atoms with Crippen LogP contribution in [0.4, 0.5) is 9.59 Å². The number of aryl methyl sites for hydroxylation is 5. The first-order valence-electron chi connectivity index (χ1n) is 53.1. The number of hydrogen-bond acceptors (Lipinski definition) is 21. The largest absolute Gasteiger partial charge is 0.415 e. The Bertz CT molecular complexity index is 4900. The predicted octanol–water partition coefficient (Wildman–Crippen LogP) is 19.6. The van der Waals surface area contributed by atoms with Gasteiger partial charge in [0.2, 0.25) is 23.6 Å². The van der Waals surface area contributed by atoms with Crippen molar-refractivity contribution in [2.45, 2.75) is 313 Å². The molecule has 141 heavy (non-hydrogen) atoms. The van der Waals surface area contributed by atoms with Crippen molar-refractivity contribution in [2.24, 2.45) is 11.3 Å². The Morgan fingerprint density at radius 1 is 0.433 bits per heavy atom. The van der Waals surface area contributed by atoms with E-state index < -0.39 is 30.3 Å². The molecule has 29 heteroatoms. The molecule has 4 saturated carbocycles. The molecule has 0 radical (unpaired) electrons. The van der Waals surface area contributed by atoms with Gasteiger partial charge in [-0.2, -0.15) is 0 Å². The van der Waals surface area contributed by atoms with Crippen LogP contribution in [0, 0.1) is 39.0 Å². The SMILES string of the molecule is CN(C)CCCC[C@@H](NC1CCCCC1)C(=O)N1CCN(C(=O)CC2CCCC2)C[C@H]1C(=O)CCc1cccs1.Cc1ccc(OC(=O)N2CCN(C(=O)[C@@H](CCCCN(C)C)N(C)C3CCC4(CC3)CCN(Cc3ccccc3)C4)[C@H](C(=O)CCc3cccs3)C2)c(Cl)c1C.Cc1ccc(OC(=O)N2CCN(C(=O)[C@@H](CCCCN(C)C)N(C)C3CCCCC3)[C@H](C(=O)CCc3cccs3)C2)c(Cl)c1C. The fourth-order valence-corrected chi connectivity index (χ4v) is 25.1. The quantitative estimate of drug-likeness (QED) is 0.0352. The van der Waals surface area contributed by atoms with E-state index in [2.05, 4.69) is 127 Å². The summed E-state index contributed by atoms with van der Waals surface area (Å²) in [6.45, 7) is 16.6. The Kier molecular flexibility index (Phi) is 44.9. The summed E-state index contributed by atoms with van der Waals surface area (Å²) in [7, 11) is 16.7. The molecule has 776 valence electrons. The van der Waals surface area contributed by atoms with Crippen molar-refractivity contribution in [1.82, 2.24) is 64.1 Å². The molecule has 4 saturated heterocycles. The molecule has 8 aliphatic rings. The van der Waals surface area contributed by atoms with E-state index in [-0.39, 0.29) is 91.8 Å². The van der Waals surface area contributed by atoms with Crippen molar-refractivity contribution in [3.63, 3.8) is 0 Å². The fraction of sp³-hybridized carbons (Fsp3) is 0.652. The molecule has 0 bridgehead atoms. The van der Waals surface area contributed by atoms with Gasteiger partial charge in [0.25, 0.3) is 0 Å². The van der Waals surface area contributed by atoms with Crippen molar-refractivity contribution in [2.75, 3.05) is 148 Å². The highest BCUT2D eigenvalue weighted by Crippen LogP contribution is 2.46. The highest BCUT2D eigenvalue weighted by Gasteiger charge is 2.48. The number of nitrogens with one attached hydrogen (secondary N) is 1. The molecule has 14 rings (SSSR count). The number of rotatable bonds is 42. The van der Waals surface area contributed by atoms with Crippen molar-refractivity contribution < 1.29 is 52.6 Å². The van der Waals surface area contributed by atoms with E-state index in [0.717, 1.165) is 180 Å². The number of carbonyl (C=O) groups is 9. The highest BCUT2D eigenvalue weighted by molar-refractivity contribution is 7.10. The zero-order valence-electron chi connectivity index (χ0n) is 86.9. The molecule has 7 heterocycles. The van der Waals surface area contributed by atoms with Gasteiger partial charge in [0.1, 0.15) is 18.1 Å². The smallest absolute Gasteiger partial charge is 0.409 e. The number of thiophene rings is 3. The summed E-state index contributed by atoms with van der Waals surface area (Å²) >= 11 is 18.0. The van der Waals surface area contributed by atoms with Gasteiger partial charge in [0.15, 0.2) is 28.8 Å². The monoisotopic (exact) mass is 2030 g/mol. The van der Waals surface area contributed by atoms with E-state index >= 15 is 0 Å². The molecule has 8 fully saturated rings. The molecule has 3 aromatic carbocycles. The lowest BCUT2D eigenvalue weighted by Crippen LogP contribution is -2.63. The summed E-state index contributed by atoms with van der Waals surface area (Å²) in [5, 5.41) is 10.6. The Morgan fingerprint density at radius 3 is 1.27 bits per heavy atom. The third-order valence-corrected chi connectivity index (χ3v) is 35.3. The number of hydrogen-bond donors (Lipinski definition) is 1. The Hall–Kier alpha value is -7.51. The first-order valence-corrected chi connectivity index (χ1v) is 56.5. The molecule has 0 unspecified atom stereocenters. The third-order valence-electron chi connectivity index (χ3n) is 31.6. The maximum Gasteiger partial charge on any atom is 0.415 e. The van der Waals surface area contributed by atoms with Crippen LogP contribution in [-0.2, 0) is 59.4 Å². The number of amides is 6. The summed E-state index contributed by atoms with van der Waals surface area (Å²) in [6.07, 6.45) is 32.8. The van der Waals surface area contributed by atoms with Gasteiger partial charge in [-0.1, -0.05) is 154 Å². The number of nitrogens with zero attached hydrogens (tertiary/aromatic N) is 12. The topological polar surface area (TPSA) is 223 Å².